The van der Waals surface area contributed by atoms with Gasteiger partial charge in [-0.3, -0.25) is 4.99 Å². The number of aliphatic imine (C=N–C) groups is 1. The van der Waals surface area contributed by atoms with Crippen LogP contribution in [0.1, 0.15) is 25.3 Å². The SMILES string of the molecule is CCNC(=NCCCCSC)N(C)Cc1ccccc1OC. The van der Waals surface area contributed by atoms with Crippen molar-refractivity contribution in [2.24, 2.45) is 4.99 Å². The van der Waals surface area contributed by atoms with Gasteiger partial charge in [-0.2, -0.15) is 11.8 Å². The second-order valence-corrected chi connectivity index (χ2v) is 6.09. The summed E-state index contributed by atoms with van der Waals surface area (Å²) in [4.78, 5) is 6.87. The second-order valence-electron chi connectivity index (χ2n) is 5.10. The van der Waals surface area contributed by atoms with Crippen LogP contribution in [0.15, 0.2) is 29.3 Å². The zero-order valence-corrected chi connectivity index (χ0v) is 15.1. The van der Waals surface area contributed by atoms with Crippen LogP contribution < -0.4 is 10.1 Å². The van der Waals surface area contributed by atoms with Gasteiger partial charge in [0.05, 0.1) is 7.11 Å². The summed E-state index contributed by atoms with van der Waals surface area (Å²) in [6.07, 6.45) is 4.51. The lowest BCUT2D eigenvalue weighted by molar-refractivity contribution is 0.396. The minimum absolute atomic E-state index is 0.778. The maximum Gasteiger partial charge on any atom is 0.193 e. The Morgan fingerprint density at radius 1 is 1.32 bits per heavy atom. The number of rotatable bonds is 9. The van der Waals surface area contributed by atoms with Crippen molar-refractivity contribution >= 4 is 17.7 Å². The van der Waals surface area contributed by atoms with Gasteiger partial charge in [-0.05, 0) is 37.8 Å². The van der Waals surface area contributed by atoms with Gasteiger partial charge in [0.1, 0.15) is 5.75 Å². The molecule has 0 saturated heterocycles. The van der Waals surface area contributed by atoms with Crippen LogP contribution in [0.25, 0.3) is 0 Å². The molecule has 0 aliphatic rings. The van der Waals surface area contributed by atoms with E-state index in [1.54, 1.807) is 7.11 Å². The molecule has 0 unspecified atom stereocenters. The van der Waals surface area contributed by atoms with Gasteiger partial charge in [0.25, 0.3) is 0 Å². The second kappa shape index (κ2) is 11.2. The van der Waals surface area contributed by atoms with Crippen molar-refractivity contribution in [3.8, 4) is 5.75 Å². The monoisotopic (exact) mass is 323 g/mol. The first-order chi connectivity index (χ1) is 10.7. The number of methoxy groups -OCH3 is 1. The number of unbranched alkanes of at least 4 members (excludes halogenated alkanes) is 1. The number of para-hydroxylation sites is 1. The first kappa shape index (κ1) is 18.7. The van der Waals surface area contributed by atoms with Crippen molar-refractivity contribution in [2.45, 2.75) is 26.3 Å². The molecule has 0 spiro atoms. The number of nitrogens with zero attached hydrogens (tertiary/aromatic N) is 2. The van der Waals surface area contributed by atoms with Crippen LogP contribution in [0.2, 0.25) is 0 Å². The van der Waals surface area contributed by atoms with Crippen LogP contribution in [0.3, 0.4) is 0 Å². The molecule has 0 aromatic heterocycles. The summed E-state index contributed by atoms with van der Waals surface area (Å²) < 4.78 is 5.42. The Morgan fingerprint density at radius 3 is 2.77 bits per heavy atom. The number of hydrogen-bond acceptors (Lipinski definition) is 3. The predicted octanol–water partition coefficient (Wildman–Crippen LogP) is 3.24. The molecule has 0 saturated carbocycles. The quantitative estimate of drug-likeness (QED) is 0.430. The first-order valence-corrected chi connectivity index (χ1v) is 9.22. The van der Waals surface area contributed by atoms with Crippen molar-refractivity contribution in [3.63, 3.8) is 0 Å². The smallest absolute Gasteiger partial charge is 0.193 e. The van der Waals surface area contributed by atoms with Gasteiger partial charge in [-0.1, -0.05) is 18.2 Å². The van der Waals surface area contributed by atoms with Gasteiger partial charge < -0.3 is 15.0 Å². The van der Waals surface area contributed by atoms with Gasteiger partial charge in [-0.25, -0.2) is 0 Å². The molecule has 0 heterocycles. The summed E-state index contributed by atoms with van der Waals surface area (Å²) in [5, 5.41) is 3.36. The summed E-state index contributed by atoms with van der Waals surface area (Å²) in [7, 11) is 3.78. The van der Waals surface area contributed by atoms with E-state index in [0.717, 1.165) is 37.8 Å². The Morgan fingerprint density at radius 2 is 2.09 bits per heavy atom. The van der Waals surface area contributed by atoms with E-state index < -0.39 is 0 Å². The molecule has 0 aliphatic carbocycles. The standard InChI is InChI=1S/C17H29N3OS/c1-5-18-17(19-12-8-9-13-22-4)20(2)14-15-10-6-7-11-16(15)21-3/h6-7,10-11H,5,8-9,12-14H2,1-4H3,(H,18,19). The van der Waals surface area contributed by atoms with E-state index in [1.807, 2.05) is 30.0 Å². The van der Waals surface area contributed by atoms with Crippen LogP contribution >= 0.6 is 11.8 Å². The Balaban J connectivity index is 2.63. The molecule has 1 aromatic rings. The molecule has 0 amide bonds. The van der Waals surface area contributed by atoms with E-state index in [1.165, 1.54) is 17.7 Å². The van der Waals surface area contributed by atoms with Crippen LogP contribution in [0.5, 0.6) is 5.75 Å². The lowest BCUT2D eigenvalue weighted by Crippen LogP contribution is -2.38. The molecule has 1 N–H and O–H groups in total. The minimum Gasteiger partial charge on any atom is -0.496 e. The fourth-order valence-corrected chi connectivity index (χ4v) is 2.67. The van der Waals surface area contributed by atoms with Gasteiger partial charge in [0.2, 0.25) is 0 Å². The first-order valence-electron chi connectivity index (χ1n) is 7.83. The normalized spacial score (nSPS) is 11.4. The van der Waals surface area contributed by atoms with Crippen LogP contribution in [-0.2, 0) is 6.54 Å². The Hall–Kier alpha value is -1.36. The molecule has 0 radical (unpaired) electrons. The summed E-state index contributed by atoms with van der Waals surface area (Å²) in [6.45, 7) is 4.62. The Bertz CT molecular complexity index is 451. The summed E-state index contributed by atoms with van der Waals surface area (Å²) in [6, 6.07) is 8.12. The van der Waals surface area contributed by atoms with E-state index >= 15 is 0 Å². The fraction of sp³-hybridized carbons (Fsp3) is 0.588. The van der Waals surface area contributed by atoms with Gasteiger partial charge in [-0.15, -0.1) is 0 Å². The lowest BCUT2D eigenvalue weighted by Gasteiger charge is -2.23. The van der Waals surface area contributed by atoms with Crippen molar-refractivity contribution in [3.05, 3.63) is 29.8 Å². The van der Waals surface area contributed by atoms with Crippen LogP contribution in [0.4, 0.5) is 0 Å². The lowest BCUT2D eigenvalue weighted by atomic mass is 10.2. The van der Waals surface area contributed by atoms with E-state index in [2.05, 4.69) is 36.5 Å². The Kier molecular flexibility index (Phi) is 9.55. The van der Waals surface area contributed by atoms with Crippen molar-refractivity contribution in [2.75, 3.05) is 39.3 Å². The maximum absolute atomic E-state index is 5.42. The molecular formula is C17H29N3OS. The average Bonchev–Trinajstić information content (AvgIpc) is 2.54. The summed E-state index contributed by atoms with van der Waals surface area (Å²) in [5.74, 6) is 3.09. The van der Waals surface area contributed by atoms with Gasteiger partial charge in [0, 0.05) is 32.2 Å². The zero-order chi connectivity index (χ0) is 16.2. The van der Waals surface area contributed by atoms with Crippen LogP contribution in [0, 0.1) is 0 Å². The number of ether oxygens (including phenoxy) is 1. The molecule has 124 valence electrons. The van der Waals surface area contributed by atoms with E-state index in [9.17, 15) is 0 Å². The number of hydrogen-bond donors (Lipinski definition) is 1. The van der Waals surface area contributed by atoms with E-state index in [-0.39, 0.29) is 0 Å². The molecule has 1 aromatic carbocycles. The summed E-state index contributed by atoms with van der Waals surface area (Å²) >= 11 is 1.89. The maximum atomic E-state index is 5.42. The molecular weight excluding hydrogens is 294 g/mol. The highest BCUT2D eigenvalue weighted by Gasteiger charge is 2.09. The molecule has 22 heavy (non-hydrogen) atoms. The molecule has 0 atom stereocenters. The highest BCUT2D eigenvalue weighted by Crippen LogP contribution is 2.18. The third kappa shape index (κ3) is 6.60. The third-order valence-electron chi connectivity index (χ3n) is 3.31. The number of nitrogens with one attached hydrogen (secondary N) is 1. The van der Waals surface area contributed by atoms with E-state index in [0.29, 0.717) is 0 Å². The molecule has 4 nitrogen and oxygen atoms in total. The zero-order valence-electron chi connectivity index (χ0n) is 14.3. The largest absolute Gasteiger partial charge is 0.496 e. The molecule has 1 rings (SSSR count). The third-order valence-corrected chi connectivity index (χ3v) is 4.01. The predicted molar refractivity (Wildman–Crippen MR) is 98.1 cm³/mol. The van der Waals surface area contributed by atoms with E-state index in [4.69, 9.17) is 9.73 Å². The topological polar surface area (TPSA) is 36.9 Å². The molecule has 0 fully saturated rings. The van der Waals surface area contributed by atoms with Crippen LogP contribution in [-0.4, -0.2) is 50.1 Å². The van der Waals surface area contributed by atoms with Gasteiger partial charge in [0.15, 0.2) is 5.96 Å². The molecule has 5 heteroatoms. The highest BCUT2D eigenvalue weighted by atomic mass is 32.2. The average molecular weight is 324 g/mol. The Labute approximate surface area is 139 Å². The van der Waals surface area contributed by atoms with Crippen molar-refractivity contribution in [1.29, 1.82) is 0 Å². The molecule has 0 aliphatic heterocycles. The van der Waals surface area contributed by atoms with Crippen molar-refractivity contribution in [1.82, 2.24) is 10.2 Å². The summed E-state index contributed by atoms with van der Waals surface area (Å²) in [5.41, 5.74) is 1.17. The fourth-order valence-electron chi connectivity index (χ4n) is 2.18. The number of benzene rings is 1. The highest BCUT2D eigenvalue weighted by molar-refractivity contribution is 7.98. The number of guanidine groups is 1. The minimum atomic E-state index is 0.778. The molecule has 0 bridgehead atoms. The number of thioether (sulfide) groups is 1. The van der Waals surface area contributed by atoms with Gasteiger partial charge >= 0.3 is 0 Å². The van der Waals surface area contributed by atoms with Crippen molar-refractivity contribution < 1.29 is 4.74 Å².